The average molecular weight is 309 g/mol. The van der Waals surface area contributed by atoms with Crippen LogP contribution in [0.5, 0.6) is 5.75 Å². The number of carbonyl (C=O) groups is 2. The van der Waals surface area contributed by atoms with Crippen LogP contribution in [0.4, 0.5) is 4.39 Å². The highest BCUT2D eigenvalue weighted by Crippen LogP contribution is 2.24. The van der Waals surface area contributed by atoms with Gasteiger partial charge in [-0.1, -0.05) is 12.1 Å². The summed E-state index contributed by atoms with van der Waals surface area (Å²) in [7, 11) is 1.40. The SMILES string of the molecule is COc1cccc(CCC(=O)N2CCC[C@H]2CC(=O)O)c1F. The van der Waals surface area contributed by atoms with Crippen molar-refractivity contribution < 1.29 is 23.8 Å². The van der Waals surface area contributed by atoms with Crippen molar-refractivity contribution in [2.24, 2.45) is 0 Å². The minimum atomic E-state index is -0.899. The van der Waals surface area contributed by atoms with Crippen LogP contribution in [-0.4, -0.2) is 41.6 Å². The maximum atomic E-state index is 14.0. The zero-order valence-corrected chi connectivity index (χ0v) is 12.5. The summed E-state index contributed by atoms with van der Waals surface area (Å²) in [6, 6.07) is 4.61. The van der Waals surface area contributed by atoms with Gasteiger partial charge in [-0.25, -0.2) is 4.39 Å². The quantitative estimate of drug-likeness (QED) is 0.875. The fourth-order valence-corrected chi connectivity index (χ4v) is 2.87. The molecular weight excluding hydrogens is 289 g/mol. The van der Waals surface area contributed by atoms with E-state index in [0.29, 0.717) is 18.5 Å². The average Bonchev–Trinajstić information content (AvgIpc) is 2.93. The zero-order chi connectivity index (χ0) is 16.1. The highest BCUT2D eigenvalue weighted by atomic mass is 19.1. The molecule has 1 saturated heterocycles. The zero-order valence-electron chi connectivity index (χ0n) is 12.5. The van der Waals surface area contributed by atoms with Crippen LogP contribution in [0.25, 0.3) is 0 Å². The first-order chi connectivity index (χ1) is 10.5. The van der Waals surface area contributed by atoms with Gasteiger partial charge in [-0.15, -0.1) is 0 Å². The Morgan fingerprint density at radius 2 is 2.23 bits per heavy atom. The maximum Gasteiger partial charge on any atom is 0.305 e. The summed E-state index contributed by atoms with van der Waals surface area (Å²) in [4.78, 5) is 24.7. The topological polar surface area (TPSA) is 66.8 Å². The largest absolute Gasteiger partial charge is 0.494 e. The molecule has 2 rings (SSSR count). The van der Waals surface area contributed by atoms with E-state index in [0.717, 1.165) is 6.42 Å². The summed E-state index contributed by atoms with van der Waals surface area (Å²) in [5.74, 6) is -1.30. The number of methoxy groups -OCH3 is 1. The lowest BCUT2D eigenvalue weighted by molar-refractivity contribution is -0.139. The van der Waals surface area contributed by atoms with Crippen molar-refractivity contribution in [1.82, 2.24) is 4.90 Å². The lowest BCUT2D eigenvalue weighted by Gasteiger charge is -2.23. The van der Waals surface area contributed by atoms with E-state index in [4.69, 9.17) is 9.84 Å². The van der Waals surface area contributed by atoms with Crippen LogP contribution in [0.1, 0.15) is 31.2 Å². The molecule has 1 amide bonds. The number of ether oxygens (including phenoxy) is 1. The van der Waals surface area contributed by atoms with E-state index < -0.39 is 11.8 Å². The molecule has 1 aliphatic heterocycles. The number of amides is 1. The number of hydrogen-bond donors (Lipinski definition) is 1. The highest BCUT2D eigenvalue weighted by Gasteiger charge is 2.30. The summed E-state index contributed by atoms with van der Waals surface area (Å²) in [6.07, 6.45) is 1.94. The summed E-state index contributed by atoms with van der Waals surface area (Å²) < 4.78 is 18.9. The number of rotatable bonds is 6. The Balaban J connectivity index is 1.96. The summed E-state index contributed by atoms with van der Waals surface area (Å²) in [6.45, 7) is 0.581. The Morgan fingerprint density at radius 1 is 1.45 bits per heavy atom. The van der Waals surface area contributed by atoms with Gasteiger partial charge in [0.25, 0.3) is 0 Å². The summed E-state index contributed by atoms with van der Waals surface area (Å²) >= 11 is 0. The molecule has 22 heavy (non-hydrogen) atoms. The number of aryl methyl sites for hydroxylation is 1. The molecule has 120 valence electrons. The van der Waals surface area contributed by atoms with Gasteiger partial charge in [0.2, 0.25) is 5.91 Å². The lowest BCUT2D eigenvalue weighted by atomic mass is 10.1. The Morgan fingerprint density at radius 3 is 2.91 bits per heavy atom. The molecule has 1 fully saturated rings. The molecule has 0 spiro atoms. The van der Waals surface area contributed by atoms with E-state index in [2.05, 4.69) is 0 Å². The number of likely N-dealkylation sites (tertiary alicyclic amines) is 1. The second-order valence-electron chi connectivity index (χ2n) is 5.41. The van der Waals surface area contributed by atoms with Crippen LogP contribution in [0.15, 0.2) is 18.2 Å². The third-order valence-corrected chi connectivity index (χ3v) is 3.98. The smallest absolute Gasteiger partial charge is 0.305 e. The van der Waals surface area contributed by atoms with Gasteiger partial charge in [-0.2, -0.15) is 0 Å². The minimum absolute atomic E-state index is 0.0285. The van der Waals surface area contributed by atoms with Gasteiger partial charge in [-0.05, 0) is 30.9 Å². The van der Waals surface area contributed by atoms with Gasteiger partial charge in [0.15, 0.2) is 11.6 Å². The monoisotopic (exact) mass is 309 g/mol. The first kappa shape index (κ1) is 16.3. The molecule has 0 aromatic heterocycles. The molecule has 1 atom stereocenters. The molecule has 1 N–H and O–H groups in total. The van der Waals surface area contributed by atoms with E-state index >= 15 is 0 Å². The third kappa shape index (κ3) is 3.75. The standard InChI is InChI=1S/C16H20FNO4/c1-22-13-6-2-4-11(16(13)17)7-8-14(19)18-9-3-5-12(18)10-15(20)21/h2,4,6,12H,3,5,7-10H2,1H3,(H,20,21)/t12-/m0/s1. The number of hydrogen-bond acceptors (Lipinski definition) is 3. The lowest BCUT2D eigenvalue weighted by Crippen LogP contribution is -2.37. The number of benzene rings is 1. The summed E-state index contributed by atoms with van der Waals surface area (Å²) in [5.41, 5.74) is 0.432. The molecule has 0 unspecified atom stereocenters. The predicted octanol–water partition coefficient (Wildman–Crippen LogP) is 2.23. The van der Waals surface area contributed by atoms with E-state index in [1.165, 1.54) is 13.2 Å². The van der Waals surface area contributed by atoms with Gasteiger partial charge in [-0.3, -0.25) is 9.59 Å². The highest BCUT2D eigenvalue weighted by molar-refractivity contribution is 5.78. The van der Waals surface area contributed by atoms with Crippen LogP contribution in [0.2, 0.25) is 0 Å². The molecule has 0 bridgehead atoms. The van der Waals surface area contributed by atoms with Crippen molar-refractivity contribution in [2.75, 3.05) is 13.7 Å². The van der Waals surface area contributed by atoms with Crippen LogP contribution >= 0.6 is 0 Å². The number of halogens is 1. The Hall–Kier alpha value is -2.11. The molecule has 0 aliphatic carbocycles. The van der Waals surface area contributed by atoms with Crippen LogP contribution in [0, 0.1) is 5.82 Å². The second-order valence-corrected chi connectivity index (χ2v) is 5.41. The fourth-order valence-electron chi connectivity index (χ4n) is 2.87. The molecule has 0 saturated carbocycles. The maximum absolute atomic E-state index is 14.0. The minimum Gasteiger partial charge on any atom is -0.494 e. The van der Waals surface area contributed by atoms with Crippen molar-refractivity contribution >= 4 is 11.9 Å². The molecule has 5 nitrogen and oxygen atoms in total. The second kappa shape index (κ2) is 7.24. The Kier molecular flexibility index (Phi) is 5.35. The van der Waals surface area contributed by atoms with Gasteiger partial charge in [0.1, 0.15) is 0 Å². The van der Waals surface area contributed by atoms with Crippen LogP contribution in [-0.2, 0) is 16.0 Å². The first-order valence-electron chi connectivity index (χ1n) is 7.35. The van der Waals surface area contributed by atoms with Gasteiger partial charge in [0.05, 0.1) is 13.5 Å². The van der Waals surface area contributed by atoms with Crippen molar-refractivity contribution in [1.29, 1.82) is 0 Å². The number of carboxylic acid groups (broad SMARTS) is 1. The molecular formula is C16H20FNO4. The van der Waals surface area contributed by atoms with Gasteiger partial charge >= 0.3 is 5.97 Å². The van der Waals surface area contributed by atoms with Crippen molar-refractivity contribution in [3.63, 3.8) is 0 Å². The Bertz CT molecular complexity index is 561. The number of carbonyl (C=O) groups excluding carboxylic acids is 1. The predicted molar refractivity (Wildman–Crippen MR) is 78.3 cm³/mol. The van der Waals surface area contributed by atoms with Crippen LogP contribution in [0.3, 0.4) is 0 Å². The summed E-state index contributed by atoms with van der Waals surface area (Å²) in [5, 5.41) is 8.87. The van der Waals surface area contributed by atoms with Crippen molar-refractivity contribution in [2.45, 2.75) is 38.1 Å². The van der Waals surface area contributed by atoms with Gasteiger partial charge < -0.3 is 14.7 Å². The molecule has 1 aromatic rings. The fraction of sp³-hybridized carbons (Fsp3) is 0.500. The molecule has 1 aliphatic rings. The van der Waals surface area contributed by atoms with E-state index in [-0.39, 0.29) is 37.0 Å². The number of carboxylic acids is 1. The van der Waals surface area contributed by atoms with Crippen molar-refractivity contribution in [3.8, 4) is 5.75 Å². The molecule has 1 heterocycles. The third-order valence-electron chi connectivity index (χ3n) is 3.98. The van der Waals surface area contributed by atoms with Gasteiger partial charge in [0, 0.05) is 19.0 Å². The van der Waals surface area contributed by atoms with E-state index in [1.54, 1.807) is 17.0 Å². The number of nitrogens with zero attached hydrogens (tertiary/aromatic N) is 1. The van der Waals surface area contributed by atoms with E-state index in [1.807, 2.05) is 0 Å². The molecule has 1 aromatic carbocycles. The van der Waals surface area contributed by atoms with Crippen molar-refractivity contribution in [3.05, 3.63) is 29.6 Å². The molecule has 6 heteroatoms. The number of aliphatic carboxylic acids is 1. The Labute approximate surface area is 128 Å². The van der Waals surface area contributed by atoms with Crippen LogP contribution < -0.4 is 4.74 Å². The molecule has 0 radical (unpaired) electrons. The first-order valence-corrected chi connectivity index (χ1v) is 7.35. The normalized spacial score (nSPS) is 17.5. The van der Waals surface area contributed by atoms with E-state index in [9.17, 15) is 14.0 Å².